The van der Waals surface area contributed by atoms with Gasteiger partial charge in [-0.2, -0.15) is 5.10 Å². The van der Waals surface area contributed by atoms with Crippen LogP contribution in [0.15, 0.2) is 30.5 Å². The Bertz CT molecular complexity index is 1960. The first kappa shape index (κ1) is 28.6. The number of hydrogen-bond acceptors (Lipinski definition) is 8. The maximum Gasteiger partial charge on any atom is 0.340 e. The second kappa shape index (κ2) is 10.5. The van der Waals surface area contributed by atoms with Crippen LogP contribution in [0.4, 0.5) is 10.1 Å². The van der Waals surface area contributed by atoms with Gasteiger partial charge in [0.25, 0.3) is 0 Å². The van der Waals surface area contributed by atoms with E-state index in [9.17, 15) is 24.0 Å². The largest absolute Gasteiger partial charge is 0.468 e. The minimum absolute atomic E-state index is 0.0526. The van der Waals surface area contributed by atoms with Crippen molar-refractivity contribution >= 4 is 57.1 Å². The number of nitrogens with one attached hydrogen (secondary N) is 1. The first-order valence-electron chi connectivity index (χ1n) is 14.7. The summed E-state index contributed by atoms with van der Waals surface area (Å²) in [5.41, 5.74) is 8.52. The van der Waals surface area contributed by atoms with E-state index in [1.807, 2.05) is 0 Å². The molecule has 4 bridgehead atoms. The molecule has 0 aliphatic carbocycles. The average Bonchev–Trinajstić information content (AvgIpc) is 3.61. The van der Waals surface area contributed by atoms with Gasteiger partial charge in [-0.05, 0) is 23.8 Å². The van der Waals surface area contributed by atoms with Gasteiger partial charge < -0.3 is 15.8 Å². The minimum atomic E-state index is -0.620. The van der Waals surface area contributed by atoms with Crippen LogP contribution < -0.4 is 20.5 Å². The van der Waals surface area contributed by atoms with Gasteiger partial charge in [-0.15, -0.1) is 9.69 Å². The maximum absolute atomic E-state index is 15.9. The molecule has 15 heteroatoms. The van der Waals surface area contributed by atoms with Crippen LogP contribution in [0.5, 0.6) is 0 Å². The smallest absolute Gasteiger partial charge is 0.340 e. The van der Waals surface area contributed by atoms with Crippen LogP contribution >= 0.6 is 0 Å². The number of hydrogen-bond donors (Lipinski definition) is 2. The number of aromatic nitrogens is 4. The number of quaternary nitrogens is 1. The molecule has 0 spiro atoms. The van der Waals surface area contributed by atoms with E-state index in [1.54, 1.807) is 27.7 Å². The summed E-state index contributed by atoms with van der Waals surface area (Å²) in [5, 5.41) is 13.1. The monoisotopic (exact) mass is 617 g/mol. The summed E-state index contributed by atoms with van der Waals surface area (Å²) < 4.78 is 21.9. The number of fused-ring (bicyclic) bond motifs is 2. The average molecular weight is 618 g/mol. The van der Waals surface area contributed by atoms with Crippen molar-refractivity contribution in [1.29, 1.82) is 0 Å². The SMILES string of the molecule is COC(=O)CNC(=O)CN1C(=O)Cn2nc3c4c(ccc1c42)-c1cc2c(cnn2[N+]2(C(=O)CCC(N)=O)CCC3CC2)cc1F. The fraction of sp³-hybridized carbons (Fsp3) is 0.367. The summed E-state index contributed by atoms with van der Waals surface area (Å²) in [4.78, 5) is 65.9. The van der Waals surface area contributed by atoms with Crippen molar-refractivity contribution in [2.45, 2.75) is 38.1 Å². The number of nitrogens with two attached hydrogens (primary N) is 1. The number of ether oxygens (including phenoxy) is 1. The van der Waals surface area contributed by atoms with E-state index in [1.165, 1.54) is 24.3 Å². The number of methoxy groups -OCH3 is 1. The molecular weight excluding hydrogens is 587 g/mol. The van der Waals surface area contributed by atoms with Gasteiger partial charge in [-0.25, -0.2) is 9.18 Å². The summed E-state index contributed by atoms with van der Waals surface area (Å²) in [6, 6.07) is 6.47. The summed E-state index contributed by atoms with van der Waals surface area (Å²) in [6.45, 7) is -0.0784. The zero-order valence-electron chi connectivity index (χ0n) is 24.4. The molecule has 4 aromatic rings. The molecule has 232 valence electrons. The molecule has 0 unspecified atom stereocenters. The number of primary amides is 1. The van der Waals surface area contributed by atoms with Gasteiger partial charge in [-0.3, -0.25) is 28.8 Å². The Hall–Kier alpha value is -5.18. The lowest BCUT2D eigenvalue weighted by Crippen LogP contribution is -2.65. The molecule has 6 heterocycles. The third-order valence-electron chi connectivity index (χ3n) is 9.16. The van der Waals surface area contributed by atoms with E-state index in [4.69, 9.17) is 10.8 Å². The van der Waals surface area contributed by atoms with Crippen LogP contribution in [0.3, 0.4) is 0 Å². The molecule has 1 saturated heterocycles. The second-order valence-electron chi connectivity index (χ2n) is 11.7. The first-order valence-corrected chi connectivity index (χ1v) is 14.7. The molecule has 2 aromatic carbocycles. The Labute approximate surface area is 255 Å². The summed E-state index contributed by atoms with van der Waals surface area (Å²) in [5.74, 6) is -2.93. The van der Waals surface area contributed by atoms with Crippen molar-refractivity contribution in [3.8, 4) is 11.1 Å². The summed E-state index contributed by atoms with van der Waals surface area (Å²) in [7, 11) is 1.21. The van der Waals surface area contributed by atoms with Gasteiger partial charge in [-0.1, -0.05) is 10.9 Å². The molecule has 0 saturated carbocycles. The number of piperidine rings is 1. The van der Waals surface area contributed by atoms with Gasteiger partial charge >= 0.3 is 11.9 Å². The molecule has 4 amide bonds. The third-order valence-corrected chi connectivity index (χ3v) is 9.16. The van der Waals surface area contributed by atoms with Gasteiger partial charge in [0.1, 0.15) is 44.1 Å². The minimum Gasteiger partial charge on any atom is -0.468 e. The fourth-order valence-corrected chi connectivity index (χ4v) is 6.93. The zero-order valence-corrected chi connectivity index (χ0v) is 24.4. The fourth-order valence-electron chi connectivity index (χ4n) is 6.93. The van der Waals surface area contributed by atoms with E-state index < -0.39 is 23.6 Å². The molecule has 0 atom stereocenters. The van der Waals surface area contributed by atoms with Gasteiger partial charge in [0.15, 0.2) is 0 Å². The Morgan fingerprint density at radius 1 is 1.13 bits per heavy atom. The zero-order chi connectivity index (χ0) is 31.6. The Morgan fingerprint density at radius 2 is 1.91 bits per heavy atom. The number of halogens is 1. The van der Waals surface area contributed by atoms with E-state index >= 15 is 4.39 Å². The molecule has 14 nitrogen and oxygen atoms in total. The number of benzene rings is 2. The molecule has 1 fully saturated rings. The highest BCUT2D eigenvalue weighted by Gasteiger charge is 2.46. The molecule has 2 aromatic heterocycles. The third kappa shape index (κ3) is 4.44. The van der Waals surface area contributed by atoms with Crippen molar-refractivity contribution in [3.63, 3.8) is 0 Å². The number of carbonyl (C=O) groups excluding carboxylic acids is 5. The molecule has 45 heavy (non-hydrogen) atoms. The second-order valence-corrected chi connectivity index (χ2v) is 11.7. The Kier molecular flexibility index (Phi) is 6.65. The lowest BCUT2D eigenvalue weighted by molar-refractivity contribution is -0.141. The molecular formula is C30H30FN8O6+. The van der Waals surface area contributed by atoms with Crippen LogP contribution in [0.2, 0.25) is 0 Å². The number of esters is 1. The highest BCUT2D eigenvalue weighted by molar-refractivity contribution is 6.13. The van der Waals surface area contributed by atoms with E-state index in [0.29, 0.717) is 64.7 Å². The lowest BCUT2D eigenvalue weighted by atomic mass is 9.88. The number of amides is 4. The highest BCUT2D eigenvalue weighted by Crippen LogP contribution is 2.45. The first-order chi connectivity index (χ1) is 21.6. The maximum atomic E-state index is 15.9. The molecule has 0 radical (unpaired) electrons. The number of nitrogens with zero attached hydrogens (tertiary/aromatic N) is 6. The standard InChI is InChI=1S/C30H29FN8O6/c1-45-27(44)13-33-24(41)14-36-21-3-2-18-19-11-22-17(10-20(19)31)12-34-38(22)39(26(43)5-4-23(32)40)8-6-16(7-9-39)29-28(18)30(21)37(35-29)15-25(36)42/h2-3,10-12,16H,4-9,13-15H2,1H3,(H2-,32,33,40,41)/p+1. The van der Waals surface area contributed by atoms with Crippen molar-refractivity contribution in [3.05, 3.63) is 42.0 Å². The summed E-state index contributed by atoms with van der Waals surface area (Å²) >= 11 is 0. The van der Waals surface area contributed by atoms with Crippen molar-refractivity contribution in [2.75, 3.05) is 38.2 Å². The summed E-state index contributed by atoms with van der Waals surface area (Å²) in [6.07, 6.45) is 2.46. The topological polar surface area (TPSA) is 172 Å². The Balaban J connectivity index is 1.39. The van der Waals surface area contributed by atoms with Crippen LogP contribution in [0.25, 0.3) is 32.9 Å². The van der Waals surface area contributed by atoms with Gasteiger partial charge in [0, 0.05) is 41.5 Å². The van der Waals surface area contributed by atoms with Crippen molar-refractivity contribution in [1.82, 2.24) is 29.6 Å². The molecule has 3 N–H and O–H groups in total. The van der Waals surface area contributed by atoms with E-state index in [2.05, 4.69) is 15.2 Å². The lowest BCUT2D eigenvalue weighted by Gasteiger charge is -2.39. The van der Waals surface area contributed by atoms with Crippen molar-refractivity contribution < 1.29 is 33.1 Å². The van der Waals surface area contributed by atoms with Gasteiger partial charge in [0.05, 0.1) is 36.6 Å². The molecule has 8 rings (SSSR count). The van der Waals surface area contributed by atoms with Gasteiger partial charge in [0.2, 0.25) is 17.7 Å². The van der Waals surface area contributed by atoms with Crippen LogP contribution in [-0.4, -0.2) is 82.6 Å². The van der Waals surface area contributed by atoms with Crippen LogP contribution in [0, 0.1) is 5.82 Å². The van der Waals surface area contributed by atoms with E-state index in [-0.39, 0.29) is 60.4 Å². The van der Waals surface area contributed by atoms with Crippen molar-refractivity contribution in [2.24, 2.45) is 5.73 Å². The highest BCUT2D eigenvalue weighted by atomic mass is 19.1. The number of rotatable bonds is 7. The molecule has 4 aliphatic rings. The Morgan fingerprint density at radius 3 is 2.64 bits per heavy atom. The molecule has 4 aliphatic heterocycles. The number of anilines is 1. The van der Waals surface area contributed by atoms with Crippen LogP contribution in [-0.2, 0) is 35.3 Å². The quantitative estimate of drug-likeness (QED) is 0.228. The predicted molar refractivity (Wildman–Crippen MR) is 158 cm³/mol. The predicted octanol–water partition coefficient (Wildman–Crippen LogP) is 0.950. The van der Waals surface area contributed by atoms with E-state index in [0.717, 1.165) is 0 Å². The van der Waals surface area contributed by atoms with Crippen LogP contribution in [0.1, 0.15) is 37.3 Å². The number of carbonyl (C=O) groups is 5. The normalized spacial score (nSPS) is 20.0.